The van der Waals surface area contributed by atoms with Crippen LogP contribution in [0.2, 0.25) is 0 Å². The SMILES string of the molecule is Cc1ccc(C)c(Nc2cc(N3CCN(c4ccccc4F)CC3)nc(C)n2)c1. The number of anilines is 4. The van der Waals surface area contributed by atoms with Crippen LogP contribution in [0.25, 0.3) is 0 Å². The third kappa shape index (κ3) is 4.31. The highest BCUT2D eigenvalue weighted by Gasteiger charge is 2.21. The van der Waals surface area contributed by atoms with Crippen molar-refractivity contribution < 1.29 is 4.39 Å². The Kier molecular flexibility index (Phi) is 5.34. The van der Waals surface area contributed by atoms with Gasteiger partial charge in [0.2, 0.25) is 0 Å². The van der Waals surface area contributed by atoms with Gasteiger partial charge in [-0.05, 0) is 50.1 Å². The van der Waals surface area contributed by atoms with E-state index in [1.807, 2.05) is 25.1 Å². The standard InChI is InChI=1S/C23H26FN5/c1-16-8-9-17(2)20(14-16)27-22-15-23(26-18(3)25-22)29-12-10-28(11-13-29)21-7-5-4-6-19(21)24/h4-9,14-15H,10-13H2,1-3H3,(H,25,26,27). The summed E-state index contributed by atoms with van der Waals surface area (Å²) in [6.45, 7) is 9.15. The zero-order valence-electron chi connectivity index (χ0n) is 17.1. The molecule has 2 aromatic carbocycles. The van der Waals surface area contributed by atoms with Crippen LogP contribution in [0, 0.1) is 26.6 Å². The van der Waals surface area contributed by atoms with Crippen molar-refractivity contribution in [3.05, 3.63) is 71.3 Å². The molecule has 0 atom stereocenters. The number of nitrogens with one attached hydrogen (secondary N) is 1. The Bertz CT molecular complexity index is 1010. The van der Waals surface area contributed by atoms with Crippen LogP contribution >= 0.6 is 0 Å². The Hall–Kier alpha value is -3.15. The molecule has 4 rings (SSSR count). The van der Waals surface area contributed by atoms with Crippen molar-refractivity contribution >= 4 is 23.0 Å². The summed E-state index contributed by atoms with van der Waals surface area (Å²) < 4.78 is 14.1. The maximum atomic E-state index is 14.1. The van der Waals surface area contributed by atoms with Crippen LogP contribution in [-0.2, 0) is 0 Å². The van der Waals surface area contributed by atoms with Gasteiger partial charge in [0.1, 0.15) is 23.3 Å². The summed E-state index contributed by atoms with van der Waals surface area (Å²) in [6, 6.07) is 15.3. The molecule has 1 aromatic heterocycles. The maximum absolute atomic E-state index is 14.1. The van der Waals surface area contributed by atoms with Gasteiger partial charge >= 0.3 is 0 Å². The third-order valence-corrected chi connectivity index (χ3v) is 5.28. The van der Waals surface area contributed by atoms with Crippen LogP contribution < -0.4 is 15.1 Å². The largest absolute Gasteiger partial charge is 0.366 e. The fourth-order valence-electron chi connectivity index (χ4n) is 3.67. The molecule has 1 fully saturated rings. The smallest absolute Gasteiger partial charge is 0.146 e. The summed E-state index contributed by atoms with van der Waals surface area (Å²) in [5.41, 5.74) is 4.10. The topological polar surface area (TPSA) is 44.3 Å². The Morgan fingerprint density at radius 2 is 1.59 bits per heavy atom. The molecule has 0 radical (unpaired) electrons. The molecule has 150 valence electrons. The molecule has 5 nitrogen and oxygen atoms in total. The fraction of sp³-hybridized carbons (Fsp3) is 0.304. The monoisotopic (exact) mass is 391 g/mol. The van der Waals surface area contributed by atoms with E-state index in [1.165, 1.54) is 17.2 Å². The summed E-state index contributed by atoms with van der Waals surface area (Å²) >= 11 is 0. The number of aromatic nitrogens is 2. The average Bonchev–Trinajstić information content (AvgIpc) is 2.71. The summed E-state index contributed by atoms with van der Waals surface area (Å²) in [6.07, 6.45) is 0. The molecule has 29 heavy (non-hydrogen) atoms. The summed E-state index contributed by atoms with van der Waals surface area (Å²) in [5.74, 6) is 2.25. The summed E-state index contributed by atoms with van der Waals surface area (Å²) in [7, 11) is 0. The summed E-state index contributed by atoms with van der Waals surface area (Å²) in [4.78, 5) is 13.5. The molecule has 0 amide bonds. The minimum absolute atomic E-state index is 0.168. The Morgan fingerprint density at radius 3 is 2.34 bits per heavy atom. The predicted molar refractivity (Wildman–Crippen MR) is 117 cm³/mol. The van der Waals surface area contributed by atoms with Gasteiger partial charge in [0.15, 0.2) is 0 Å². The first-order valence-electron chi connectivity index (χ1n) is 9.94. The van der Waals surface area contributed by atoms with Crippen LogP contribution in [-0.4, -0.2) is 36.1 Å². The van der Waals surface area contributed by atoms with Crippen molar-refractivity contribution in [3.63, 3.8) is 0 Å². The minimum atomic E-state index is -0.168. The van der Waals surface area contributed by atoms with Crippen LogP contribution in [0.3, 0.4) is 0 Å². The minimum Gasteiger partial charge on any atom is -0.366 e. The van der Waals surface area contributed by atoms with Crippen LogP contribution in [0.15, 0.2) is 48.5 Å². The highest BCUT2D eigenvalue weighted by Crippen LogP contribution is 2.25. The second-order valence-corrected chi connectivity index (χ2v) is 7.53. The normalized spacial score (nSPS) is 14.2. The highest BCUT2D eigenvalue weighted by atomic mass is 19.1. The van der Waals surface area contributed by atoms with E-state index in [9.17, 15) is 4.39 Å². The van der Waals surface area contributed by atoms with Gasteiger partial charge in [0.05, 0.1) is 5.69 Å². The average molecular weight is 391 g/mol. The van der Waals surface area contributed by atoms with Gasteiger partial charge in [0.25, 0.3) is 0 Å². The lowest BCUT2D eigenvalue weighted by molar-refractivity contribution is 0.596. The molecule has 1 N–H and O–H groups in total. The first kappa shape index (κ1) is 19.2. The maximum Gasteiger partial charge on any atom is 0.146 e. The number of piperazine rings is 1. The van der Waals surface area contributed by atoms with E-state index in [4.69, 9.17) is 0 Å². The number of para-hydroxylation sites is 1. The zero-order chi connectivity index (χ0) is 20.4. The molecular formula is C23H26FN5. The van der Waals surface area contributed by atoms with Crippen LogP contribution in [0.4, 0.5) is 27.4 Å². The molecule has 1 aliphatic rings. The Balaban J connectivity index is 1.50. The first-order chi connectivity index (χ1) is 14.0. The van der Waals surface area contributed by atoms with Gasteiger partial charge < -0.3 is 15.1 Å². The van der Waals surface area contributed by atoms with Gasteiger partial charge in [0, 0.05) is 37.9 Å². The molecule has 1 aliphatic heterocycles. The van der Waals surface area contributed by atoms with Gasteiger partial charge in [-0.3, -0.25) is 0 Å². The molecule has 0 bridgehead atoms. The van der Waals surface area contributed by atoms with Gasteiger partial charge in [-0.25, -0.2) is 14.4 Å². The molecule has 0 unspecified atom stereocenters. The van der Waals surface area contributed by atoms with E-state index >= 15 is 0 Å². The molecule has 0 saturated carbocycles. The van der Waals surface area contributed by atoms with E-state index in [1.54, 1.807) is 6.07 Å². The van der Waals surface area contributed by atoms with Crippen molar-refractivity contribution in [1.82, 2.24) is 9.97 Å². The van der Waals surface area contributed by atoms with Crippen molar-refractivity contribution in [2.75, 3.05) is 41.3 Å². The van der Waals surface area contributed by atoms with E-state index in [2.05, 4.69) is 57.1 Å². The number of benzene rings is 2. The van der Waals surface area contributed by atoms with Crippen molar-refractivity contribution in [1.29, 1.82) is 0 Å². The van der Waals surface area contributed by atoms with Crippen molar-refractivity contribution in [3.8, 4) is 0 Å². The lowest BCUT2D eigenvalue weighted by Gasteiger charge is -2.37. The van der Waals surface area contributed by atoms with Gasteiger partial charge in [-0.2, -0.15) is 0 Å². The second-order valence-electron chi connectivity index (χ2n) is 7.53. The molecular weight excluding hydrogens is 365 g/mol. The third-order valence-electron chi connectivity index (χ3n) is 5.28. The second kappa shape index (κ2) is 8.07. The molecule has 0 aliphatic carbocycles. The number of nitrogens with zero attached hydrogens (tertiary/aromatic N) is 4. The zero-order valence-corrected chi connectivity index (χ0v) is 17.1. The lowest BCUT2D eigenvalue weighted by Crippen LogP contribution is -2.47. The first-order valence-corrected chi connectivity index (χ1v) is 9.94. The van der Waals surface area contributed by atoms with Crippen molar-refractivity contribution in [2.24, 2.45) is 0 Å². The number of rotatable bonds is 4. The molecule has 1 saturated heterocycles. The van der Waals surface area contributed by atoms with Crippen molar-refractivity contribution in [2.45, 2.75) is 20.8 Å². The molecule has 6 heteroatoms. The lowest BCUT2D eigenvalue weighted by atomic mass is 10.1. The van der Waals surface area contributed by atoms with Gasteiger partial charge in [-0.1, -0.05) is 24.3 Å². The predicted octanol–water partition coefficient (Wildman–Crippen LogP) is 4.61. The molecule has 2 heterocycles. The number of hydrogen-bond acceptors (Lipinski definition) is 5. The van der Waals surface area contributed by atoms with E-state index < -0.39 is 0 Å². The van der Waals surface area contributed by atoms with E-state index in [-0.39, 0.29) is 5.82 Å². The number of aryl methyl sites for hydroxylation is 3. The molecule has 3 aromatic rings. The number of halogens is 1. The fourth-order valence-corrected chi connectivity index (χ4v) is 3.67. The van der Waals surface area contributed by atoms with Gasteiger partial charge in [-0.15, -0.1) is 0 Å². The van der Waals surface area contributed by atoms with Crippen LogP contribution in [0.5, 0.6) is 0 Å². The number of hydrogen-bond donors (Lipinski definition) is 1. The summed E-state index contributed by atoms with van der Waals surface area (Å²) in [5, 5.41) is 3.44. The van der Waals surface area contributed by atoms with E-state index in [0.29, 0.717) is 5.69 Å². The highest BCUT2D eigenvalue weighted by molar-refractivity contribution is 5.64. The van der Waals surface area contributed by atoms with Crippen LogP contribution in [0.1, 0.15) is 17.0 Å². The quantitative estimate of drug-likeness (QED) is 0.704. The Morgan fingerprint density at radius 1 is 0.862 bits per heavy atom. The molecule has 0 spiro atoms. The van der Waals surface area contributed by atoms with E-state index in [0.717, 1.165) is 49.3 Å². The Labute approximate surface area is 171 Å².